The summed E-state index contributed by atoms with van der Waals surface area (Å²) >= 11 is 0. The fourth-order valence-electron chi connectivity index (χ4n) is 3.44. The van der Waals surface area contributed by atoms with Gasteiger partial charge < -0.3 is 18.9 Å². The second-order valence-electron chi connectivity index (χ2n) is 6.46. The predicted octanol–water partition coefficient (Wildman–Crippen LogP) is 2.02. The largest absolute Gasteiger partial charge is 0.483 e. The van der Waals surface area contributed by atoms with Crippen LogP contribution >= 0.6 is 0 Å². The molecule has 1 amide bonds. The van der Waals surface area contributed by atoms with E-state index in [1.807, 2.05) is 37.3 Å². The van der Waals surface area contributed by atoms with E-state index in [-0.39, 0.29) is 36.0 Å². The summed E-state index contributed by atoms with van der Waals surface area (Å²) in [6, 6.07) is 11.1. The van der Waals surface area contributed by atoms with Crippen LogP contribution in [0.3, 0.4) is 0 Å². The van der Waals surface area contributed by atoms with E-state index in [9.17, 15) is 9.59 Å². The lowest BCUT2D eigenvalue weighted by atomic mass is 10.1. The van der Waals surface area contributed by atoms with E-state index in [0.29, 0.717) is 18.8 Å². The van der Waals surface area contributed by atoms with Crippen LogP contribution in [0.5, 0.6) is 5.75 Å². The maximum atomic E-state index is 13.1. The molecule has 2 aliphatic heterocycles. The first-order chi connectivity index (χ1) is 12.1. The Kier molecular flexibility index (Phi) is 4.05. The van der Waals surface area contributed by atoms with Crippen molar-refractivity contribution < 1.29 is 14.3 Å². The third kappa shape index (κ3) is 2.82. The predicted molar refractivity (Wildman–Crippen MR) is 91.5 cm³/mol. The second kappa shape index (κ2) is 6.37. The molecule has 0 N–H and O–H groups in total. The molecule has 6 nitrogen and oxygen atoms in total. The van der Waals surface area contributed by atoms with Crippen LogP contribution in [0.1, 0.15) is 29.4 Å². The average molecular weight is 340 g/mol. The minimum Gasteiger partial charge on any atom is -0.483 e. The quantitative estimate of drug-likeness (QED) is 0.858. The van der Waals surface area contributed by atoms with E-state index in [4.69, 9.17) is 9.47 Å². The number of aromatic nitrogens is 1. The summed E-state index contributed by atoms with van der Waals surface area (Å²) in [5.41, 5.74) is 0.983. The third-order valence-electron chi connectivity index (χ3n) is 4.78. The van der Waals surface area contributed by atoms with Crippen LogP contribution in [0.15, 0.2) is 47.4 Å². The summed E-state index contributed by atoms with van der Waals surface area (Å²) in [4.78, 5) is 27.1. The molecule has 130 valence electrons. The van der Waals surface area contributed by atoms with Crippen molar-refractivity contribution in [2.45, 2.75) is 38.8 Å². The summed E-state index contributed by atoms with van der Waals surface area (Å²) in [6.45, 7) is 3.40. The third-order valence-corrected chi connectivity index (χ3v) is 4.78. The first-order valence-corrected chi connectivity index (χ1v) is 8.49. The van der Waals surface area contributed by atoms with Crippen LogP contribution in [-0.4, -0.2) is 34.3 Å². The summed E-state index contributed by atoms with van der Waals surface area (Å²) in [7, 11) is 0. The second-order valence-corrected chi connectivity index (χ2v) is 6.46. The highest BCUT2D eigenvalue weighted by atomic mass is 16.5. The van der Waals surface area contributed by atoms with Crippen molar-refractivity contribution in [1.29, 1.82) is 0 Å². The molecule has 2 unspecified atom stereocenters. The Labute approximate surface area is 145 Å². The van der Waals surface area contributed by atoms with Gasteiger partial charge in [-0.05, 0) is 18.9 Å². The molecule has 3 heterocycles. The lowest BCUT2D eigenvalue weighted by molar-refractivity contribution is -0.112. The molecule has 0 aliphatic carbocycles. The number of nitrogens with zero attached hydrogens (tertiary/aromatic N) is 2. The average Bonchev–Trinajstić information content (AvgIpc) is 2.62. The van der Waals surface area contributed by atoms with E-state index in [1.165, 1.54) is 6.07 Å². The molecule has 1 aromatic carbocycles. The first-order valence-electron chi connectivity index (χ1n) is 8.49. The molecule has 2 aliphatic rings. The molecule has 25 heavy (non-hydrogen) atoms. The zero-order chi connectivity index (χ0) is 17.4. The van der Waals surface area contributed by atoms with Crippen LogP contribution in [-0.2, 0) is 17.9 Å². The molecule has 1 aromatic heterocycles. The number of hydrogen-bond acceptors (Lipinski definition) is 4. The van der Waals surface area contributed by atoms with E-state index >= 15 is 0 Å². The number of benzene rings is 1. The van der Waals surface area contributed by atoms with Crippen molar-refractivity contribution in [3.05, 3.63) is 64.1 Å². The highest BCUT2D eigenvalue weighted by Crippen LogP contribution is 2.29. The van der Waals surface area contributed by atoms with Gasteiger partial charge in [-0.2, -0.15) is 0 Å². The molecule has 0 radical (unpaired) electrons. The lowest BCUT2D eigenvalue weighted by Gasteiger charge is -2.44. The Morgan fingerprint density at radius 2 is 2.00 bits per heavy atom. The number of carbonyl (C=O) groups is 1. The molecule has 2 atom stereocenters. The molecule has 6 heteroatoms. The van der Waals surface area contributed by atoms with Gasteiger partial charge in [-0.25, -0.2) is 0 Å². The van der Waals surface area contributed by atoms with Gasteiger partial charge in [0.2, 0.25) is 5.43 Å². The maximum absolute atomic E-state index is 13.1. The monoisotopic (exact) mass is 340 g/mol. The molecule has 0 bridgehead atoms. The van der Waals surface area contributed by atoms with Gasteiger partial charge in [0.25, 0.3) is 5.91 Å². The Balaban J connectivity index is 1.70. The molecule has 1 fully saturated rings. The topological polar surface area (TPSA) is 60.8 Å². The highest BCUT2D eigenvalue weighted by Gasteiger charge is 2.40. The fraction of sp³-hybridized carbons (Fsp3) is 0.368. The van der Waals surface area contributed by atoms with Crippen LogP contribution < -0.4 is 10.2 Å². The molecule has 4 rings (SSSR count). The lowest BCUT2D eigenvalue weighted by Crippen LogP contribution is -2.56. The van der Waals surface area contributed by atoms with Gasteiger partial charge in [0.1, 0.15) is 6.61 Å². The van der Waals surface area contributed by atoms with Gasteiger partial charge in [-0.3, -0.25) is 9.59 Å². The number of fused-ring (bicyclic) bond motifs is 2. The Bertz CT molecular complexity index is 846. The first kappa shape index (κ1) is 15.9. The van der Waals surface area contributed by atoms with Crippen LogP contribution in [0, 0.1) is 0 Å². The number of ether oxygens (including phenoxy) is 2. The van der Waals surface area contributed by atoms with Gasteiger partial charge in [0.15, 0.2) is 17.7 Å². The van der Waals surface area contributed by atoms with Gasteiger partial charge in [-0.15, -0.1) is 0 Å². The van der Waals surface area contributed by atoms with E-state index in [0.717, 1.165) is 12.0 Å². The molecule has 1 saturated heterocycles. The van der Waals surface area contributed by atoms with Crippen molar-refractivity contribution in [3.8, 4) is 5.75 Å². The Morgan fingerprint density at radius 3 is 2.80 bits per heavy atom. The van der Waals surface area contributed by atoms with Gasteiger partial charge in [-0.1, -0.05) is 30.3 Å². The number of pyridine rings is 1. The molecule has 2 aromatic rings. The van der Waals surface area contributed by atoms with Crippen molar-refractivity contribution in [2.75, 3.05) is 6.61 Å². The molecule has 0 saturated carbocycles. The van der Waals surface area contributed by atoms with E-state index < -0.39 is 0 Å². The van der Waals surface area contributed by atoms with Crippen LogP contribution in [0.2, 0.25) is 0 Å². The molecular formula is C19H20N2O4. The molecule has 0 spiro atoms. The summed E-state index contributed by atoms with van der Waals surface area (Å²) < 4.78 is 13.3. The van der Waals surface area contributed by atoms with Gasteiger partial charge in [0, 0.05) is 18.3 Å². The summed E-state index contributed by atoms with van der Waals surface area (Å²) in [6.07, 6.45) is 2.15. The van der Waals surface area contributed by atoms with Crippen molar-refractivity contribution in [1.82, 2.24) is 9.47 Å². The van der Waals surface area contributed by atoms with Gasteiger partial charge >= 0.3 is 0 Å². The zero-order valence-electron chi connectivity index (χ0n) is 14.1. The Hall–Kier alpha value is -2.60. The number of carbonyl (C=O) groups excluding carboxylic acids is 1. The highest BCUT2D eigenvalue weighted by molar-refractivity contribution is 5.96. The fourth-order valence-corrected chi connectivity index (χ4v) is 3.44. The number of rotatable bonds is 3. The standard InChI is InChI=1S/C19H20N2O4/c1-13-8-10-24-16-11-20-9-7-15(22)18(17(20)19(23)21(13)16)25-12-14-5-3-2-4-6-14/h2-7,9,13,16H,8,10-12H2,1H3. The van der Waals surface area contributed by atoms with Crippen molar-refractivity contribution in [2.24, 2.45) is 0 Å². The summed E-state index contributed by atoms with van der Waals surface area (Å²) in [5, 5.41) is 0. The number of amides is 1. The minimum absolute atomic E-state index is 0.0808. The SMILES string of the molecule is CC1CCOC2Cn3ccc(=O)c(OCc4ccccc4)c3C(=O)N12. The van der Waals surface area contributed by atoms with Crippen molar-refractivity contribution in [3.63, 3.8) is 0 Å². The molecular weight excluding hydrogens is 320 g/mol. The van der Waals surface area contributed by atoms with Gasteiger partial charge in [0.05, 0.1) is 13.2 Å². The smallest absolute Gasteiger partial charge is 0.276 e. The Morgan fingerprint density at radius 1 is 1.20 bits per heavy atom. The number of hydrogen-bond donors (Lipinski definition) is 0. The van der Waals surface area contributed by atoms with Crippen LogP contribution in [0.25, 0.3) is 0 Å². The van der Waals surface area contributed by atoms with E-state index in [1.54, 1.807) is 15.7 Å². The normalized spacial score (nSPS) is 22.3. The van der Waals surface area contributed by atoms with Crippen molar-refractivity contribution >= 4 is 5.91 Å². The van der Waals surface area contributed by atoms with Crippen LogP contribution in [0.4, 0.5) is 0 Å². The zero-order valence-corrected chi connectivity index (χ0v) is 14.1. The minimum atomic E-state index is -0.284. The maximum Gasteiger partial charge on any atom is 0.276 e. The van der Waals surface area contributed by atoms with E-state index in [2.05, 4.69) is 0 Å². The summed E-state index contributed by atoms with van der Waals surface area (Å²) in [5.74, 6) is -0.0863.